The topological polar surface area (TPSA) is 84.9 Å². The van der Waals surface area contributed by atoms with E-state index in [9.17, 15) is 9.59 Å². The standard InChI is InChI=1S/C21H27NO5/c1-2-26-18-8-16(3-4-17(18)27-12-19(23)24)20(25)22-21-9-13-5-14(10-21)7-15(6-13)11-21/h3-4,8,13-15H,2,5-7,9-12H2,1H3,(H,22,25)(H,23,24). The van der Waals surface area contributed by atoms with Gasteiger partial charge in [-0.2, -0.15) is 0 Å². The van der Waals surface area contributed by atoms with E-state index in [1.54, 1.807) is 18.2 Å². The SMILES string of the molecule is CCOc1cc(C(=O)NC23CC4CC(CC(C4)C2)C3)ccc1OCC(=O)O. The number of carboxylic acid groups (broad SMARTS) is 1. The highest BCUT2D eigenvalue weighted by molar-refractivity contribution is 5.95. The second-order valence-electron chi connectivity index (χ2n) is 8.43. The zero-order chi connectivity index (χ0) is 19.0. The first-order valence-corrected chi connectivity index (χ1v) is 9.90. The molecule has 5 rings (SSSR count). The Bertz CT molecular complexity index is 709. The van der Waals surface area contributed by atoms with Crippen LogP contribution in [0.1, 0.15) is 55.8 Å². The molecule has 6 heteroatoms. The van der Waals surface area contributed by atoms with Crippen LogP contribution >= 0.6 is 0 Å². The van der Waals surface area contributed by atoms with Gasteiger partial charge in [0.05, 0.1) is 6.61 Å². The monoisotopic (exact) mass is 373 g/mol. The van der Waals surface area contributed by atoms with Crippen LogP contribution in [-0.2, 0) is 4.79 Å². The number of rotatable bonds is 7. The maximum absolute atomic E-state index is 13.0. The van der Waals surface area contributed by atoms with Crippen LogP contribution in [0.3, 0.4) is 0 Å². The van der Waals surface area contributed by atoms with E-state index in [0.29, 0.717) is 23.7 Å². The molecule has 0 saturated heterocycles. The van der Waals surface area contributed by atoms with Gasteiger partial charge in [0.25, 0.3) is 5.91 Å². The van der Waals surface area contributed by atoms with Crippen molar-refractivity contribution >= 4 is 11.9 Å². The quantitative estimate of drug-likeness (QED) is 0.766. The number of aliphatic carboxylic acids is 1. The second-order valence-corrected chi connectivity index (χ2v) is 8.43. The average molecular weight is 373 g/mol. The Morgan fingerprint density at radius 2 is 1.70 bits per heavy atom. The number of ether oxygens (including phenoxy) is 2. The van der Waals surface area contributed by atoms with Gasteiger partial charge in [-0.15, -0.1) is 0 Å². The highest BCUT2D eigenvalue weighted by Gasteiger charge is 2.51. The summed E-state index contributed by atoms with van der Waals surface area (Å²) < 4.78 is 10.8. The minimum absolute atomic E-state index is 0.0455. The number of carboxylic acids is 1. The molecule has 0 spiro atoms. The minimum atomic E-state index is -1.05. The van der Waals surface area contributed by atoms with Crippen molar-refractivity contribution in [3.8, 4) is 11.5 Å². The summed E-state index contributed by atoms with van der Waals surface area (Å²) in [5, 5.41) is 12.1. The molecule has 0 aliphatic heterocycles. The van der Waals surface area contributed by atoms with Crippen LogP contribution < -0.4 is 14.8 Å². The van der Waals surface area contributed by atoms with Crippen LogP contribution in [0, 0.1) is 17.8 Å². The van der Waals surface area contributed by atoms with Gasteiger partial charge >= 0.3 is 5.97 Å². The van der Waals surface area contributed by atoms with E-state index in [-0.39, 0.29) is 11.4 Å². The van der Waals surface area contributed by atoms with Crippen molar-refractivity contribution in [2.45, 2.75) is 51.0 Å². The Balaban J connectivity index is 1.50. The summed E-state index contributed by atoms with van der Waals surface area (Å²) in [4.78, 5) is 23.7. The lowest BCUT2D eigenvalue weighted by molar-refractivity contribution is -0.139. The van der Waals surface area contributed by atoms with Crippen molar-refractivity contribution in [3.05, 3.63) is 23.8 Å². The minimum Gasteiger partial charge on any atom is -0.490 e. The first-order valence-electron chi connectivity index (χ1n) is 9.90. The maximum atomic E-state index is 13.0. The summed E-state index contributed by atoms with van der Waals surface area (Å²) in [5.41, 5.74) is 0.479. The molecule has 27 heavy (non-hydrogen) atoms. The van der Waals surface area contributed by atoms with Gasteiger partial charge in [-0.25, -0.2) is 4.79 Å². The van der Waals surface area contributed by atoms with Crippen LogP contribution in [0.5, 0.6) is 11.5 Å². The lowest BCUT2D eigenvalue weighted by Gasteiger charge is -2.56. The molecule has 146 valence electrons. The number of benzene rings is 1. The summed E-state index contributed by atoms with van der Waals surface area (Å²) in [5.74, 6) is 1.90. The molecule has 0 aromatic heterocycles. The van der Waals surface area contributed by atoms with E-state index in [1.165, 1.54) is 19.3 Å². The first-order chi connectivity index (χ1) is 13.0. The smallest absolute Gasteiger partial charge is 0.341 e. The number of carbonyl (C=O) groups is 2. The third-order valence-electron chi connectivity index (χ3n) is 6.27. The number of amides is 1. The van der Waals surface area contributed by atoms with Gasteiger partial charge in [-0.1, -0.05) is 0 Å². The molecule has 1 aromatic carbocycles. The Hall–Kier alpha value is -2.24. The van der Waals surface area contributed by atoms with E-state index < -0.39 is 12.6 Å². The molecular formula is C21H27NO5. The fraction of sp³-hybridized carbons (Fsp3) is 0.619. The molecule has 4 aliphatic carbocycles. The second kappa shape index (κ2) is 7.06. The van der Waals surface area contributed by atoms with Crippen LogP contribution in [0.25, 0.3) is 0 Å². The Kier molecular flexibility index (Phi) is 4.74. The van der Waals surface area contributed by atoms with Crippen LogP contribution in [-0.4, -0.2) is 35.7 Å². The van der Waals surface area contributed by atoms with Crippen molar-refractivity contribution in [2.24, 2.45) is 17.8 Å². The largest absolute Gasteiger partial charge is 0.490 e. The van der Waals surface area contributed by atoms with E-state index in [2.05, 4.69) is 5.32 Å². The predicted molar refractivity (Wildman–Crippen MR) is 99.1 cm³/mol. The van der Waals surface area contributed by atoms with Crippen LogP contribution in [0.15, 0.2) is 18.2 Å². The van der Waals surface area contributed by atoms with Gasteiger partial charge < -0.3 is 19.9 Å². The third-order valence-corrected chi connectivity index (χ3v) is 6.27. The first kappa shape index (κ1) is 18.1. The molecule has 0 radical (unpaired) electrons. The summed E-state index contributed by atoms with van der Waals surface area (Å²) >= 11 is 0. The fourth-order valence-corrected chi connectivity index (χ4v) is 5.75. The highest BCUT2D eigenvalue weighted by atomic mass is 16.5. The molecule has 4 saturated carbocycles. The molecule has 2 N–H and O–H groups in total. The lowest BCUT2D eigenvalue weighted by Crippen LogP contribution is -2.59. The molecule has 1 aromatic rings. The number of nitrogens with one attached hydrogen (secondary N) is 1. The Morgan fingerprint density at radius 3 is 2.26 bits per heavy atom. The lowest BCUT2D eigenvalue weighted by atomic mass is 9.53. The van der Waals surface area contributed by atoms with Crippen molar-refractivity contribution in [1.82, 2.24) is 5.32 Å². The Labute approximate surface area is 159 Å². The van der Waals surface area contributed by atoms with E-state index in [0.717, 1.165) is 37.0 Å². The van der Waals surface area contributed by atoms with E-state index in [1.807, 2.05) is 6.92 Å². The summed E-state index contributed by atoms with van der Waals surface area (Å²) in [7, 11) is 0. The van der Waals surface area contributed by atoms with Gasteiger partial charge in [0, 0.05) is 11.1 Å². The number of hydrogen-bond acceptors (Lipinski definition) is 4. The molecule has 0 heterocycles. The van der Waals surface area contributed by atoms with Crippen molar-refractivity contribution < 1.29 is 24.2 Å². The molecule has 0 atom stereocenters. The van der Waals surface area contributed by atoms with E-state index in [4.69, 9.17) is 14.6 Å². The fourth-order valence-electron chi connectivity index (χ4n) is 5.75. The predicted octanol–water partition coefficient (Wildman–Crippen LogP) is 3.25. The molecule has 0 unspecified atom stereocenters. The van der Waals surface area contributed by atoms with Crippen LogP contribution in [0.4, 0.5) is 0 Å². The van der Waals surface area contributed by atoms with Crippen molar-refractivity contribution in [2.75, 3.05) is 13.2 Å². The van der Waals surface area contributed by atoms with Crippen molar-refractivity contribution in [3.63, 3.8) is 0 Å². The zero-order valence-corrected chi connectivity index (χ0v) is 15.7. The molecule has 1 amide bonds. The molecule has 6 nitrogen and oxygen atoms in total. The summed E-state index contributed by atoms with van der Waals surface area (Å²) in [6.45, 7) is 1.80. The normalized spacial score (nSPS) is 30.8. The van der Waals surface area contributed by atoms with Gasteiger partial charge in [0.15, 0.2) is 18.1 Å². The highest BCUT2D eigenvalue weighted by Crippen LogP contribution is 2.55. The zero-order valence-electron chi connectivity index (χ0n) is 15.7. The molecule has 4 fully saturated rings. The number of hydrogen-bond donors (Lipinski definition) is 2. The van der Waals surface area contributed by atoms with Gasteiger partial charge in [0.2, 0.25) is 0 Å². The molecular weight excluding hydrogens is 346 g/mol. The maximum Gasteiger partial charge on any atom is 0.341 e. The Morgan fingerprint density at radius 1 is 1.07 bits per heavy atom. The van der Waals surface area contributed by atoms with Gasteiger partial charge in [-0.3, -0.25) is 4.79 Å². The van der Waals surface area contributed by atoms with Crippen molar-refractivity contribution in [1.29, 1.82) is 0 Å². The van der Waals surface area contributed by atoms with Crippen LogP contribution in [0.2, 0.25) is 0 Å². The molecule has 4 bridgehead atoms. The third kappa shape index (κ3) is 3.75. The average Bonchev–Trinajstić information content (AvgIpc) is 2.59. The van der Waals surface area contributed by atoms with Gasteiger partial charge in [0.1, 0.15) is 0 Å². The summed E-state index contributed by atoms with van der Waals surface area (Å²) in [6, 6.07) is 4.94. The van der Waals surface area contributed by atoms with E-state index >= 15 is 0 Å². The van der Waals surface area contributed by atoms with Gasteiger partial charge in [-0.05, 0) is 81.4 Å². The summed E-state index contributed by atoms with van der Waals surface area (Å²) in [6.07, 6.45) is 7.30. The number of carbonyl (C=O) groups excluding carboxylic acids is 1. The molecule has 4 aliphatic rings.